The first kappa shape index (κ1) is 25.9. The van der Waals surface area contributed by atoms with E-state index in [-0.39, 0.29) is 5.41 Å². The zero-order chi connectivity index (χ0) is 30.1. The monoisotopic (exact) mass is 577 g/mol. The lowest BCUT2D eigenvalue weighted by Crippen LogP contribution is -2.16. The van der Waals surface area contributed by atoms with Crippen molar-refractivity contribution in [2.24, 2.45) is 0 Å². The minimum Gasteiger partial charge on any atom is -0.456 e. The third-order valence-corrected chi connectivity index (χ3v) is 9.66. The molecule has 0 fully saturated rings. The normalized spacial score (nSPS) is 13.3. The van der Waals surface area contributed by atoms with Crippen molar-refractivity contribution in [3.05, 3.63) is 163 Å². The van der Waals surface area contributed by atoms with Crippen molar-refractivity contribution >= 4 is 49.8 Å². The Hall–Kier alpha value is -5.60. The van der Waals surface area contributed by atoms with Gasteiger partial charge < -0.3 is 9.32 Å². The molecule has 1 aromatic heterocycles. The molecular weight excluding hydrogens is 546 g/mol. The summed E-state index contributed by atoms with van der Waals surface area (Å²) in [5.41, 5.74) is 12.8. The predicted octanol–water partition coefficient (Wildman–Crippen LogP) is 12.2. The van der Waals surface area contributed by atoms with Crippen LogP contribution in [0.3, 0.4) is 0 Å². The Morgan fingerprint density at radius 3 is 2.07 bits per heavy atom. The van der Waals surface area contributed by atoms with Gasteiger partial charge in [0.15, 0.2) is 0 Å². The van der Waals surface area contributed by atoms with Crippen molar-refractivity contribution in [1.29, 1.82) is 0 Å². The maximum Gasteiger partial charge on any atom is 0.137 e. The Bertz CT molecular complexity index is 2410. The van der Waals surface area contributed by atoms with Gasteiger partial charge in [-0.3, -0.25) is 0 Å². The van der Waals surface area contributed by atoms with Gasteiger partial charge in [0.05, 0.1) is 16.8 Å². The quantitative estimate of drug-likeness (QED) is 0.207. The van der Waals surface area contributed by atoms with Crippen LogP contribution in [0.2, 0.25) is 0 Å². The van der Waals surface area contributed by atoms with Gasteiger partial charge in [-0.25, -0.2) is 0 Å². The van der Waals surface area contributed by atoms with Crippen LogP contribution >= 0.6 is 0 Å². The number of benzene rings is 7. The van der Waals surface area contributed by atoms with Crippen LogP contribution in [0, 0.1) is 0 Å². The maximum absolute atomic E-state index is 6.38. The molecule has 0 saturated carbocycles. The van der Waals surface area contributed by atoms with Gasteiger partial charge in [0, 0.05) is 22.1 Å². The molecule has 0 saturated heterocycles. The summed E-state index contributed by atoms with van der Waals surface area (Å²) in [7, 11) is 0. The topological polar surface area (TPSA) is 16.4 Å². The molecule has 1 heterocycles. The number of hydrogen-bond acceptors (Lipinski definition) is 2. The SMILES string of the molecule is CC1(C)c2ccccc2-c2c(N(c3ccc(-c4ccc5ccccc5c4)cc3)c3cccc4oc5ccccc5c34)cccc21. The van der Waals surface area contributed by atoms with Crippen molar-refractivity contribution in [3.8, 4) is 22.3 Å². The Balaban J connectivity index is 1.29. The van der Waals surface area contributed by atoms with Gasteiger partial charge in [-0.05, 0) is 81.1 Å². The fourth-order valence-electron chi connectivity index (χ4n) is 7.44. The van der Waals surface area contributed by atoms with E-state index in [1.54, 1.807) is 0 Å². The number of rotatable bonds is 4. The van der Waals surface area contributed by atoms with Crippen LogP contribution in [0.5, 0.6) is 0 Å². The van der Waals surface area contributed by atoms with Gasteiger partial charge in [-0.2, -0.15) is 0 Å². The summed E-state index contributed by atoms with van der Waals surface area (Å²) in [6.07, 6.45) is 0. The molecule has 9 rings (SSSR count). The van der Waals surface area contributed by atoms with Crippen LogP contribution in [0.15, 0.2) is 156 Å². The second-order valence-corrected chi connectivity index (χ2v) is 12.6. The van der Waals surface area contributed by atoms with Crippen molar-refractivity contribution in [3.63, 3.8) is 0 Å². The molecule has 0 unspecified atom stereocenters. The van der Waals surface area contributed by atoms with Crippen molar-refractivity contribution in [2.75, 3.05) is 4.90 Å². The molecule has 8 aromatic rings. The van der Waals surface area contributed by atoms with E-state index in [9.17, 15) is 0 Å². The molecule has 0 spiro atoms. The molecular formula is C43H31NO. The first-order valence-electron chi connectivity index (χ1n) is 15.6. The molecule has 0 amide bonds. The lowest BCUT2D eigenvalue weighted by molar-refractivity contribution is 0.660. The lowest BCUT2D eigenvalue weighted by atomic mass is 9.82. The summed E-state index contributed by atoms with van der Waals surface area (Å²) >= 11 is 0. The Labute approximate surface area is 262 Å². The largest absolute Gasteiger partial charge is 0.456 e. The van der Waals surface area contributed by atoms with Crippen LogP contribution in [0.25, 0.3) is 55.0 Å². The van der Waals surface area contributed by atoms with E-state index in [2.05, 4.69) is 164 Å². The van der Waals surface area contributed by atoms with Gasteiger partial charge in [0.1, 0.15) is 11.2 Å². The van der Waals surface area contributed by atoms with Crippen LogP contribution in [0.1, 0.15) is 25.0 Å². The van der Waals surface area contributed by atoms with Crippen LogP contribution in [-0.4, -0.2) is 0 Å². The van der Waals surface area contributed by atoms with E-state index in [1.165, 1.54) is 49.8 Å². The van der Waals surface area contributed by atoms with Gasteiger partial charge in [0.2, 0.25) is 0 Å². The van der Waals surface area contributed by atoms with E-state index in [0.29, 0.717) is 0 Å². The number of para-hydroxylation sites is 1. The Morgan fingerprint density at radius 1 is 0.511 bits per heavy atom. The zero-order valence-corrected chi connectivity index (χ0v) is 25.3. The van der Waals surface area contributed by atoms with Gasteiger partial charge in [-0.15, -0.1) is 0 Å². The average molecular weight is 578 g/mol. The third-order valence-electron chi connectivity index (χ3n) is 9.66. The molecule has 1 aliphatic carbocycles. The molecule has 45 heavy (non-hydrogen) atoms. The Kier molecular flexibility index (Phi) is 5.58. The van der Waals surface area contributed by atoms with Gasteiger partial charge in [-0.1, -0.05) is 123 Å². The van der Waals surface area contributed by atoms with E-state index >= 15 is 0 Å². The van der Waals surface area contributed by atoms with E-state index in [4.69, 9.17) is 4.42 Å². The molecule has 2 heteroatoms. The second-order valence-electron chi connectivity index (χ2n) is 12.6. The van der Waals surface area contributed by atoms with Crippen LogP contribution in [0.4, 0.5) is 17.1 Å². The van der Waals surface area contributed by atoms with Crippen molar-refractivity contribution in [1.82, 2.24) is 0 Å². The van der Waals surface area contributed by atoms with E-state index < -0.39 is 0 Å². The predicted molar refractivity (Wildman–Crippen MR) is 189 cm³/mol. The number of anilines is 3. The number of nitrogens with zero attached hydrogens (tertiary/aromatic N) is 1. The molecule has 2 nitrogen and oxygen atoms in total. The number of furan rings is 1. The molecule has 214 valence electrons. The zero-order valence-electron chi connectivity index (χ0n) is 25.3. The minimum absolute atomic E-state index is 0.0953. The molecule has 0 radical (unpaired) electrons. The van der Waals surface area contributed by atoms with Crippen LogP contribution < -0.4 is 4.90 Å². The smallest absolute Gasteiger partial charge is 0.137 e. The van der Waals surface area contributed by atoms with E-state index in [1.807, 2.05) is 6.07 Å². The highest BCUT2D eigenvalue weighted by molar-refractivity contribution is 6.14. The fraction of sp³-hybridized carbons (Fsp3) is 0.0698. The summed E-state index contributed by atoms with van der Waals surface area (Å²) < 4.78 is 6.38. The maximum atomic E-state index is 6.38. The third kappa shape index (κ3) is 3.89. The first-order valence-corrected chi connectivity index (χ1v) is 15.6. The summed E-state index contributed by atoms with van der Waals surface area (Å²) in [5.74, 6) is 0. The van der Waals surface area contributed by atoms with Crippen molar-refractivity contribution < 1.29 is 4.42 Å². The van der Waals surface area contributed by atoms with Crippen LogP contribution in [-0.2, 0) is 5.41 Å². The highest BCUT2D eigenvalue weighted by Crippen LogP contribution is 2.55. The minimum atomic E-state index is -0.0953. The molecule has 0 atom stereocenters. The van der Waals surface area contributed by atoms with E-state index in [0.717, 1.165) is 33.3 Å². The first-order chi connectivity index (χ1) is 22.1. The van der Waals surface area contributed by atoms with Gasteiger partial charge >= 0.3 is 0 Å². The highest BCUT2D eigenvalue weighted by Gasteiger charge is 2.38. The lowest BCUT2D eigenvalue weighted by Gasteiger charge is -2.29. The molecule has 0 N–H and O–H groups in total. The summed E-state index contributed by atoms with van der Waals surface area (Å²) in [4.78, 5) is 2.44. The van der Waals surface area contributed by atoms with Crippen molar-refractivity contribution in [2.45, 2.75) is 19.3 Å². The molecule has 0 aliphatic heterocycles. The standard InChI is InChI=1S/C43H31NO/c1-43(2)35-15-7-5-13-33(35)41-36(43)16-9-17-37(41)44(38-18-10-20-40-42(38)34-14-6-8-19-39(34)45-40)32-25-23-29(24-26-32)31-22-21-28-11-3-4-12-30(28)27-31/h3-27H,1-2H3. The molecule has 7 aromatic carbocycles. The molecule has 1 aliphatic rings. The number of hydrogen-bond donors (Lipinski definition) is 0. The molecule has 0 bridgehead atoms. The van der Waals surface area contributed by atoms with Gasteiger partial charge in [0.25, 0.3) is 0 Å². The fourth-order valence-corrected chi connectivity index (χ4v) is 7.44. The Morgan fingerprint density at radius 2 is 1.18 bits per heavy atom. The second kappa shape index (κ2) is 9.70. The summed E-state index contributed by atoms with van der Waals surface area (Å²) in [6, 6.07) is 54.7. The highest BCUT2D eigenvalue weighted by atomic mass is 16.3. The summed E-state index contributed by atoms with van der Waals surface area (Å²) in [5, 5.41) is 4.75. The average Bonchev–Trinajstić information content (AvgIpc) is 3.58. The summed E-state index contributed by atoms with van der Waals surface area (Å²) in [6.45, 7) is 4.68. The number of fused-ring (bicyclic) bond motifs is 7.